The molecule has 0 saturated carbocycles. The Labute approximate surface area is 244 Å². The highest BCUT2D eigenvalue weighted by atomic mass is 32.1. The number of carboxylic acid groups (broad SMARTS) is 1. The predicted molar refractivity (Wildman–Crippen MR) is 160 cm³/mol. The fraction of sp³-hybridized carbons (Fsp3) is 0.379. The minimum absolute atomic E-state index is 0.0348. The van der Waals surface area contributed by atoms with Crippen molar-refractivity contribution in [2.24, 2.45) is 11.5 Å². The van der Waals surface area contributed by atoms with Gasteiger partial charge in [0.2, 0.25) is 17.7 Å². The Morgan fingerprint density at radius 1 is 0.829 bits per heavy atom. The monoisotopic (exact) mass is 582 g/mol. The van der Waals surface area contributed by atoms with Crippen LogP contribution in [0.2, 0.25) is 0 Å². The van der Waals surface area contributed by atoms with E-state index in [-0.39, 0.29) is 18.6 Å². The molecule has 11 nitrogen and oxygen atoms in total. The lowest BCUT2D eigenvalue weighted by atomic mass is 10.0. The molecule has 220 valence electrons. The highest BCUT2D eigenvalue weighted by molar-refractivity contribution is 7.80. The number of amides is 3. The van der Waals surface area contributed by atoms with Crippen molar-refractivity contribution in [2.45, 2.75) is 56.3 Å². The minimum atomic E-state index is -1.24. The van der Waals surface area contributed by atoms with Crippen molar-refractivity contribution >= 4 is 47.2 Å². The van der Waals surface area contributed by atoms with Gasteiger partial charge in [0.15, 0.2) is 0 Å². The first-order valence-corrected chi connectivity index (χ1v) is 14.2. The number of fused-ring (bicyclic) bond motifs is 1. The first-order valence-electron chi connectivity index (χ1n) is 13.5. The maximum atomic E-state index is 13.3. The van der Waals surface area contributed by atoms with E-state index in [9.17, 15) is 24.3 Å². The minimum Gasteiger partial charge on any atom is -0.480 e. The largest absolute Gasteiger partial charge is 0.480 e. The summed E-state index contributed by atoms with van der Waals surface area (Å²) in [5, 5.41) is 18.5. The Balaban J connectivity index is 1.69. The molecule has 12 heteroatoms. The SMILES string of the molecule is NCCCCC(N)C(=O)NC(Cc1ccccc1)C(=O)NC(CS)C(=O)NC(Cc1c[nH]c2ccccc12)C(=O)O. The first-order chi connectivity index (χ1) is 19.7. The van der Waals surface area contributed by atoms with Gasteiger partial charge in [0.05, 0.1) is 6.04 Å². The van der Waals surface area contributed by atoms with Crippen LogP contribution in [-0.4, -0.2) is 70.2 Å². The molecule has 4 unspecified atom stereocenters. The Hall–Kier alpha value is -3.87. The number of carbonyl (C=O) groups excluding carboxylic acids is 3. The van der Waals surface area contributed by atoms with Crippen molar-refractivity contribution in [3.05, 3.63) is 71.9 Å². The van der Waals surface area contributed by atoms with Crippen LogP contribution in [0.25, 0.3) is 10.9 Å². The van der Waals surface area contributed by atoms with Crippen LogP contribution in [0.1, 0.15) is 30.4 Å². The number of aromatic nitrogens is 1. The number of carboxylic acids is 1. The summed E-state index contributed by atoms with van der Waals surface area (Å²) in [7, 11) is 0. The van der Waals surface area contributed by atoms with Crippen molar-refractivity contribution in [1.29, 1.82) is 0 Å². The number of H-pyrrole nitrogens is 1. The number of unbranched alkanes of at least 4 members (excludes halogenated alkanes) is 1. The van der Waals surface area contributed by atoms with Crippen LogP contribution in [0.5, 0.6) is 0 Å². The van der Waals surface area contributed by atoms with Crippen LogP contribution >= 0.6 is 12.6 Å². The fourth-order valence-corrected chi connectivity index (χ4v) is 4.69. The number of hydrogen-bond donors (Lipinski definition) is 8. The average molecular weight is 583 g/mol. The molecule has 3 rings (SSSR count). The van der Waals surface area contributed by atoms with Gasteiger partial charge >= 0.3 is 5.97 Å². The van der Waals surface area contributed by atoms with E-state index in [2.05, 4.69) is 33.6 Å². The number of nitrogens with two attached hydrogens (primary N) is 2. The lowest BCUT2D eigenvalue weighted by Gasteiger charge is -2.24. The Morgan fingerprint density at radius 2 is 1.46 bits per heavy atom. The molecule has 2 aromatic carbocycles. The average Bonchev–Trinajstić information content (AvgIpc) is 3.38. The van der Waals surface area contributed by atoms with E-state index in [1.165, 1.54) is 0 Å². The summed E-state index contributed by atoms with van der Waals surface area (Å²) < 4.78 is 0. The third-order valence-electron chi connectivity index (χ3n) is 6.75. The number of carbonyl (C=O) groups is 4. The van der Waals surface area contributed by atoms with E-state index >= 15 is 0 Å². The van der Waals surface area contributed by atoms with Gasteiger partial charge in [-0.3, -0.25) is 14.4 Å². The van der Waals surface area contributed by atoms with Gasteiger partial charge < -0.3 is 37.5 Å². The van der Waals surface area contributed by atoms with Crippen LogP contribution in [0.4, 0.5) is 0 Å². The van der Waals surface area contributed by atoms with Gasteiger partial charge in [-0.2, -0.15) is 12.6 Å². The third-order valence-corrected chi connectivity index (χ3v) is 7.12. The van der Waals surface area contributed by atoms with Crippen LogP contribution in [0, 0.1) is 0 Å². The highest BCUT2D eigenvalue weighted by Gasteiger charge is 2.30. The number of nitrogens with one attached hydrogen (secondary N) is 4. The second-order valence-corrected chi connectivity index (χ2v) is 10.2. The van der Waals surface area contributed by atoms with Crippen LogP contribution in [0.15, 0.2) is 60.8 Å². The molecule has 0 fully saturated rings. The van der Waals surface area contributed by atoms with E-state index in [1.54, 1.807) is 6.20 Å². The number of benzene rings is 2. The maximum Gasteiger partial charge on any atom is 0.326 e. The van der Waals surface area contributed by atoms with Crippen molar-refractivity contribution in [3.63, 3.8) is 0 Å². The second-order valence-electron chi connectivity index (χ2n) is 9.85. The van der Waals surface area contributed by atoms with Crippen LogP contribution in [-0.2, 0) is 32.0 Å². The summed E-state index contributed by atoms with van der Waals surface area (Å²) in [6.07, 6.45) is 3.72. The lowest BCUT2D eigenvalue weighted by molar-refractivity contribution is -0.142. The van der Waals surface area contributed by atoms with Crippen molar-refractivity contribution in [2.75, 3.05) is 12.3 Å². The molecule has 0 aliphatic heterocycles. The zero-order chi connectivity index (χ0) is 29.8. The molecule has 0 spiro atoms. The van der Waals surface area contributed by atoms with Crippen molar-refractivity contribution in [1.82, 2.24) is 20.9 Å². The van der Waals surface area contributed by atoms with Gasteiger partial charge in [-0.15, -0.1) is 0 Å². The molecular weight excluding hydrogens is 544 g/mol. The quantitative estimate of drug-likeness (QED) is 0.0907. The van der Waals surface area contributed by atoms with Gasteiger partial charge in [-0.1, -0.05) is 55.0 Å². The summed E-state index contributed by atoms with van der Waals surface area (Å²) in [6, 6.07) is 12.3. The predicted octanol–water partition coefficient (Wildman–Crippen LogP) is 0.878. The van der Waals surface area contributed by atoms with Gasteiger partial charge in [0.25, 0.3) is 0 Å². The van der Waals surface area contributed by atoms with E-state index in [1.807, 2.05) is 54.6 Å². The molecule has 0 aliphatic rings. The summed E-state index contributed by atoms with van der Waals surface area (Å²) in [5.41, 5.74) is 13.9. The standard InChI is InChI=1S/C29H38N6O5S/c30-13-7-6-11-21(31)26(36)33-23(14-18-8-2-1-3-9-18)27(37)35-25(17-41)28(38)34-24(29(39)40)15-19-16-32-22-12-5-4-10-20(19)22/h1-5,8-10,12,16,21,23-25,32,41H,6-7,11,13-15,17,30-31H2,(H,33,36)(H,34,38)(H,35,37)(H,39,40). The highest BCUT2D eigenvalue weighted by Crippen LogP contribution is 2.19. The van der Waals surface area contributed by atoms with Gasteiger partial charge in [-0.05, 0) is 36.6 Å². The van der Waals surface area contributed by atoms with Gasteiger partial charge in [-0.25, -0.2) is 4.79 Å². The molecule has 1 aromatic heterocycles. The van der Waals surface area contributed by atoms with E-state index in [0.29, 0.717) is 19.4 Å². The number of aliphatic carboxylic acids is 1. The molecule has 4 atom stereocenters. The maximum absolute atomic E-state index is 13.3. The summed E-state index contributed by atoms with van der Waals surface area (Å²) in [4.78, 5) is 54.4. The lowest BCUT2D eigenvalue weighted by Crippen LogP contribution is -2.58. The molecule has 3 amide bonds. The Bertz CT molecular complexity index is 1320. The van der Waals surface area contributed by atoms with Gasteiger partial charge in [0.1, 0.15) is 18.1 Å². The van der Waals surface area contributed by atoms with Crippen molar-refractivity contribution in [3.8, 4) is 0 Å². The van der Waals surface area contributed by atoms with E-state index < -0.39 is 47.9 Å². The Morgan fingerprint density at radius 3 is 2.15 bits per heavy atom. The smallest absolute Gasteiger partial charge is 0.326 e. The molecule has 0 radical (unpaired) electrons. The summed E-state index contributed by atoms with van der Waals surface area (Å²) in [5.74, 6) is -3.12. The topological polar surface area (TPSA) is 192 Å². The molecule has 0 bridgehead atoms. The molecule has 41 heavy (non-hydrogen) atoms. The van der Waals surface area contributed by atoms with Crippen molar-refractivity contribution < 1.29 is 24.3 Å². The number of thiol groups is 1. The number of para-hydroxylation sites is 1. The molecule has 0 saturated heterocycles. The van der Waals surface area contributed by atoms with Gasteiger partial charge in [0, 0.05) is 35.7 Å². The van der Waals surface area contributed by atoms with Crippen LogP contribution in [0.3, 0.4) is 0 Å². The summed E-state index contributed by atoms with van der Waals surface area (Å²) in [6.45, 7) is 0.491. The second kappa shape index (κ2) is 15.8. The third kappa shape index (κ3) is 9.34. The first kappa shape index (κ1) is 31.7. The number of rotatable bonds is 16. The summed E-state index contributed by atoms with van der Waals surface area (Å²) >= 11 is 4.21. The molecular formula is C29H38N6O5S. The normalized spacial score (nSPS) is 14.0. The zero-order valence-electron chi connectivity index (χ0n) is 22.7. The number of aromatic amines is 1. The molecule has 1 heterocycles. The molecule has 0 aliphatic carbocycles. The van der Waals surface area contributed by atoms with E-state index in [0.717, 1.165) is 28.5 Å². The van der Waals surface area contributed by atoms with Crippen LogP contribution < -0.4 is 27.4 Å². The molecule has 3 aromatic rings. The zero-order valence-corrected chi connectivity index (χ0v) is 23.6. The number of hydrogen-bond acceptors (Lipinski definition) is 7. The Kier molecular flexibility index (Phi) is 12.2. The van der Waals surface area contributed by atoms with E-state index in [4.69, 9.17) is 11.5 Å². The fourth-order valence-electron chi connectivity index (χ4n) is 4.44. The molecule has 9 N–H and O–H groups in total.